The number of nitrogens with one attached hydrogen (secondary N) is 1. The molecule has 136 valence electrons. The monoisotopic (exact) mass is 475 g/mol. The van der Waals surface area contributed by atoms with Gasteiger partial charge in [-0.2, -0.15) is 0 Å². The summed E-state index contributed by atoms with van der Waals surface area (Å²) in [6.07, 6.45) is 0. The summed E-state index contributed by atoms with van der Waals surface area (Å²) in [5, 5.41) is 3.84. The number of hydrogen-bond donors (Lipinski definition) is 2. The first kappa shape index (κ1) is 21.4. The number of guanidine groups is 1. The molecule has 0 aliphatic rings. The highest BCUT2D eigenvalue weighted by atomic mass is 127. The van der Waals surface area contributed by atoms with Gasteiger partial charge in [-0.1, -0.05) is 29.8 Å². The van der Waals surface area contributed by atoms with E-state index in [2.05, 4.69) is 10.3 Å². The summed E-state index contributed by atoms with van der Waals surface area (Å²) in [6.45, 7) is 3.02. The fourth-order valence-corrected chi connectivity index (χ4v) is 2.34. The molecule has 2 aromatic rings. The molecule has 0 aliphatic heterocycles. The molecule has 25 heavy (non-hydrogen) atoms. The summed E-state index contributed by atoms with van der Waals surface area (Å²) < 4.78 is 10.5. The number of halogens is 2. The lowest BCUT2D eigenvalue weighted by Gasteiger charge is -2.10. The fraction of sp³-hybridized carbons (Fsp3) is 0.278. The molecule has 0 unspecified atom stereocenters. The van der Waals surface area contributed by atoms with Crippen LogP contribution in [-0.4, -0.2) is 20.2 Å². The molecule has 2 aromatic carbocycles. The number of hydrogen-bond acceptors (Lipinski definition) is 3. The topological polar surface area (TPSA) is 68.9 Å². The first-order chi connectivity index (χ1) is 11.5. The van der Waals surface area contributed by atoms with Crippen LogP contribution in [0.1, 0.15) is 16.7 Å². The van der Waals surface area contributed by atoms with Crippen LogP contribution in [0.4, 0.5) is 0 Å². The second kappa shape index (κ2) is 10.4. The van der Waals surface area contributed by atoms with Crippen LogP contribution < -0.4 is 20.5 Å². The predicted molar refractivity (Wildman–Crippen MR) is 113 cm³/mol. The third kappa shape index (κ3) is 6.28. The molecule has 0 heterocycles. The molecule has 3 N–H and O–H groups in total. The molecule has 0 amide bonds. The Morgan fingerprint density at radius 2 is 1.76 bits per heavy atom. The van der Waals surface area contributed by atoms with E-state index in [-0.39, 0.29) is 24.0 Å². The van der Waals surface area contributed by atoms with E-state index in [1.165, 1.54) is 0 Å². The quantitative estimate of drug-likeness (QED) is 0.378. The molecule has 0 bridgehead atoms. The number of nitrogens with two attached hydrogens (primary N) is 1. The third-order valence-electron chi connectivity index (χ3n) is 3.58. The first-order valence-corrected chi connectivity index (χ1v) is 7.91. The molecular formula is C18H23ClIN3O2. The molecule has 0 fully saturated rings. The van der Waals surface area contributed by atoms with Crippen molar-refractivity contribution in [3.8, 4) is 11.5 Å². The Bertz CT molecular complexity index is 738. The van der Waals surface area contributed by atoms with Crippen LogP contribution in [0.3, 0.4) is 0 Å². The van der Waals surface area contributed by atoms with Crippen molar-refractivity contribution in [3.05, 3.63) is 58.1 Å². The summed E-state index contributed by atoms with van der Waals surface area (Å²) in [5.41, 5.74) is 9.03. The van der Waals surface area contributed by atoms with Crippen LogP contribution in [0.25, 0.3) is 0 Å². The van der Waals surface area contributed by atoms with Gasteiger partial charge in [-0.15, -0.1) is 24.0 Å². The van der Waals surface area contributed by atoms with Crippen molar-refractivity contribution in [2.75, 3.05) is 14.2 Å². The summed E-state index contributed by atoms with van der Waals surface area (Å²) in [5.74, 6) is 1.77. The maximum absolute atomic E-state index is 6.02. The molecule has 2 rings (SSSR count). The molecule has 0 spiro atoms. The lowest BCUT2D eigenvalue weighted by molar-refractivity contribution is 0.354. The normalized spacial score (nSPS) is 10.8. The van der Waals surface area contributed by atoms with Crippen LogP contribution in [0.5, 0.6) is 11.5 Å². The van der Waals surface area contributed by atoms with Gasteiger partial charge in [-0.3, -0.25) is 0 Å². The summed E-state index contributed by atoms with van der Waals surface area (Å²) in [6, 6.07) is 11.5. The molecule has 0 aliphatic carbocycles. The maximum Gasteiger partial charge on any atom is 0.189 e. The van der Waals surface area contributed by atoms with Crippen molar-refractivity contribution >= 4 is 41.5 Å². The number of nitrogens with zero attached hydrogens (tertiary/aromatic N) is 1. The minimum absolute atomic E-state index is 0. The van der Waals surface area contributed by atoms with Crippen LogP contribution in [0, 0.1) is 6.92 Å². The van der Waals surface area contributed by atoms with Crippen molar-refractivity contribution in [1.29, 1.82) is 0 Å². The van der Waals surface area contributed by atoms with E-state index in [1.54, 1.807) is 14.2 Å². The largest absolute Gasteiger partial charge is 0.493 e. The first-order valence-electron chi connectivity index (χ1n) is 7.53. The van der Waals surface area contributed by atoms with Gasteiger partial charge in [0.05, 0.1) is 20.8 Å². The van der Waals surface area contributed by atoms with Crippen molar-refractivity contribution in [3.63, 3.8) is 0 Å². The van der Waals surface area contributed by atoms with E-state index in [0.717, 1.165) is 21.7 Å². The Hall–Kier alpha value is -1.67. The maximum atomic E-state index is 6.02. The Morgan fingerprint density at radius 1 is 1.08 bits per heavy atom. The SMILES string of the molecule is COc1ccc(CNC(N)=NCc2ccc(Cl)c(C)c2)cc1OC.I. The van der Waals surface area contributed by atoms with E-state index in [9.17, 15) is 0 Å². The van der Waals surface area contributed by atoms with Gasteiger partial charge < -0.3 is 20.5 Å². The van der Waals surface area contributed by atoms with E-state index >= 15 is 0 Å². The van der Waals surface area contributed by atoms with Gasteiger partial charge in [-0.25, -0.2) is 4.99 Å². The van der Waals surface area contributed by atoms with Crippen LogP contribution >= 0.6 is 35.6 Å². The standard InChI is InChI=1S/C18H22ClN3O2.HI/c1-12-8-13(4-6-15(12)19)10-21-18(20)22-11-14-5-7-16(23-2)17(9-14)24-3;/h4-9H,10-11H2,1-3H3,(H3,20,21,22);1H. The van der Waals surface area contributed by atoms with E-state index in [1.807, 2.05) is 43.3 Å². The van der Waals surface area contributed by atoms with E-state index in [0.29, 0.717) is 30.5 Å². The van der Waals surface area contributed by atoms with Crippen molar-refractivity contribution < 1.29 is 9.47 Å². The van der Waals surface area contributed by atoms with Crippen molar-refractivity contribution in [2.45, 2.75) is 20.0 Å². The number of rotatable bonds is 6. The number of ether oxygens (including phenoxy) is 2. The Morgan fingerprint density at radius 3 is 2.40 bits per heavy atom. The predicted octanol–water partition coefficient (Wildman–Crippen LogP) is 3.89. The van der Waals surface area contributed by atoms with Gasteiger partial charge in [0.15, 0.2) is 17.5 Å². The number of benzene rings is 2. The highest BCUT2D eigenvalue weighted by Crippen LogP contribution is 2.27. The average molecular weight is 476 g/mol. The summed E-state index contributed by atoms with van der Waals surface area (Å²) in [7, 11) is 3.22. The molecule has 7 heteroatoms. The Balaban J connectivity index is 0.00000312. The molecule has 0 atom stereocenters. The molecule has 0 radical (unpaired) electrons. The highest BCUT2D eigenvalue weighted by molar-refractivity contribution is 14.0. The summed E-state index contributed by atoms with van der Waals surface area (Å²) >= 11 is 6.02. The molecule has 5 nitrogen and oxygen atoms in total. The van der Waals surface area contributed by atoms with Gasteiger partial charge in [0.1, 0.15) is 0 Å². The highest BCUT2D eigenvalue weighted by Gasteiger charge is 2.04. The van der Waals surface area contributed by atoms with Gasteiger partial charge in [0.25, 0.3) is 0 Å². The Labute approximate surface area is 170 Å². The molecule has 0 saturated heterocycles. The second-order valence-corrected chi connectivity index (χ2v) is 5.74. The minimum Gasteiger partial charge on any atom is -0.493 e. The zero-order chi connectivity index (χ0) is 17.5. The lowest BCUT2D eigenvalue weighted by atomic mass is 10.1. The number of aryl methyl sites for hydroxylation is 1. The van der Waals surface area contributed by atoms with Gasteiger partial charge in [-0.05, 0) is 41.8 Å². The smallest absolute Gasteiger partial charge is 0.189 e. The van der Waals surface area contributed by atoms with Crippen LogP contribution in [-0.2, 0) is 13.1 Å². The molecule has 0 aromatic heterocycles. The number of methoxy groups -OCH3 is 2. The van der Waals surface area contributed by atoms with E-state index < -0.39 is 0 Å². The second-order valence-electron chi connectivity index (χ2n) is 5.33. The van der Waals surface area contributed by atoms with Gasteiger partial charge >= 0.3 is 0 Å². The van der Waals surface area contributed by atoms with Gasteiger partial charge in [0.2, 0.25) is 0 Å². The Kier molecular flexibility index (Phi) is 8.85. The third-order valence-corrected chi connectivity index (χ3v) is 4.00. The minimum atomic E-state index is 0. The van der Waals surface area contributed by atoms with E-state index in [4.69, 9.17) is 26.8 Å². The van der Waals surface area contributed by atoms with Crippen LogP contribution in [0.15, 0.2) is 41.4 Å². The summed E-state index contributed by atoms with van der Waals surface area (Å²) in [4.78, 5) is 4.34. The number of aliphatic imine (C=N–C) groups is 1. The van der Waals surface area contributed by atoms with Gasteiger partial charge in [0, 0.05) is 11.6 Å². The fourth-order valence-electron chi connectivity index (χ4n) is 2.22. The van der Waals surface area contributed by atoms with Crippen LogP contribution in [0.2, 0.25) is 5.02 Å². The zero-order valence-corrected chi connectivity index (χ0v) is 17.6. The molecular weight excluding hydrogens is 453 g/mol. The lowest BCUT2D eigenvalue weighted by Crippen LogP contribution is -2.31. The van der Waals surface area contributed by atoms with Crippen molar-refractivity contribution in [1.82, 2.24) is 5.32 Å². The molecule has 0 saturated carbocycles. The van der Waals surface area contributed by atoms with Crippen molar-refractivity contribution in [2.24, 2.45) is 10.7 Å². The average Bonchev–Trinajstić information content (AvgIpc) is 2.60. The zero-order valence-electron chi connectivity index (χ0n) is 14.5.